The normalized spacial score (nSPS) is 12.6. The molecule has 1 atom stereocenters. The largest absolute Gasteiger partial charge is 0.508 e. The van der Waals surface area contributed by atoms with Crippen molar-refractivity contribution in [1.82, 2.24) is 5.32 Å². The number of ether oxygens (including phenoxy) is 1. The first-order valence-electron chi connectivity index (χ1n) is 6.28. The summed E-state index contributed by atoms with van der Waals surface area (Å²) in [5, 5.41) is 20.5. The Morgan fingerprint density at radius 1 is 1.38 bits per heavy atom. The van der Waals surface area contributed by atoms with Crippen LogP contribution in [0.15, 0.2) is 18.2 Å². The zero-order chi connectivity index (χ0) is 16.2. The lowest BCUT2D eigenvalue weighted by molar-refractivity contribution is -0.139. The van der Waals surface area contributed by atoms with Crippen LogP contribution in [0, 0.1) is 5.82 Å². The maximum atomic E-state index is 13.6. The van der Waals surface area contributed by atoms with Crippen LogP contribution in [-0.2, 0) is 16.0 Å². The molecule has 0 saturated carbocycles. The minimum Gasteiger partial charge on any atom is -0.508 e. The Morgan fingerprint density at radius 2 is 2.00 bits per heavy atom. The van der Waals surface area contributed by atoms with Gasteiger partial charge in [-0.1, -0.05) is 0 Å². The van der Waals surface area contributed by atoms with Crippen molar-refractivity contribution in [1.29, 1.82) is 0 Å². The number of hydrogen-bond donors (Lipinski definition) is 3. The van der Waals surface area contributed by atoms with E-state index in [0.29, 0.717) is 0 Å². The van der Waals surface area contributed by atoms with E-state index in [4.69, 9.17) is 9.84 Å². The number of benzene rings is 1. The Morgan fingerprint density at radius 3 is 2.52 bits per heavy atom. The van der Waals surface area contributed by atoms with Gasteiger partial charge >= 0.3 is 12.1 Å². The number of carboxylic acid groups (broad SMARTS) is 1. The molecule has 1 aromatic carbocycles. The van der Waals surface area contributed by atoms with Crippen molar-refractivity contribution >= 4 is 12.1 Å². The van der Waals surface area contributed by atoms with E-state index in [1.807, 2.05) is 0 Å². The molecule has 0 fully saturated rings. The van der Waals surface area contributed by atoms with Crippen molar-refractivity contribution in [3.63, 3.8) is 0 Å². The summed E-state index contributed by atoms with van der Waals surface area (Å²) in [6.45, 7) is 4.91. The van der Waals surface area contributed by atoms with Gasteiger partial charge < -0.3 is 20.3 Å². The van der Waals surface area contributed by atoms with Gasteiger partial charge in [0.2, 0.25) is 0 Å². The SMILES string of the molecule is CC(C)(C)OC(=O)N[C@H](Cc1cc(O)ccc1F)C(=O)O. The average Bonchev–Trinajstić information content (AvgIpc) is 2.30. The zero-order valence-electron chi connectivity index (χ0n) is 12.0. The highest BCUT2D eigenvalue weighted by Gasteiger charge is 2.25. The van der Waals surface area contributed by atoms with Crippen molar-refractivity contribution in [2.24, 2.45) is 0 Å². The van der Waals surface area contributed by atoms with Crippen LogP contribution in [0.4, 0.5) is 9.18 Å². The molecule has 1 rings (SSSR count). The van der Waals surface area contributed by atoms with Gasteiger partial charge in [0.25, 0.3) is 0 Å². The van der Waals surface area contributed by atoms with Crippen molar-refractivity contribution in [3.8, 4) is 5.75 Å². The van der Waals surface area contributed by atoms with E-state index in [0.717, 1.165) is 18.2 Å². The first kappa shape index (κ1) is 16.7. The summed E-state index contributed by atoms with van der Waals surface area (Å²) in [4.78, 5) is 22.7. The second-order valence-corrected chi connectivity index (χ2v) is 5.52. The van der Waals surface area contributed by atoms with Crippen LogP contribution in [0.3, 0.4) is 0 Å². The molecule has 0 aromatic heterocycles. The topological polar surface area (TPSA) is 95.9 Å². The number of aromatic hydroxyl groups is 1. The molecule has 0 heterocycles. The van der Waals surface area contributed by atoms with Gasteiger partial charge in [0.15, 0.2) is 0 Å². The third kappa shape index (κ3) is 5.68. The van der Waals surface area contributed by atoms with Crippen LogP contribution in [0.2, 0.25) is 0 Å². The van der Waals surface area contributed by atoms with Crippen LogP contribution in [-0.4, -0.2) is 33.9 Å². The van der Waals surface area contributed by atoms with Crippen LogP contribution < -0.4 is 5.32 Å². The number of rotatable bonds is 4. The molecule has 1 aromatic rings. The molecule has 0 aliphatic heterocycles. The Balaban J connectivity index is 2.81. The molecule has 0 saturated heterocycles. The van der Waals surface area contributed by atoms with Crippen molar-refractivity contribution in [2.45, 2.75) is 38.8 Å². The van der Waals surface area contributed by atoms with E-state index in [9.17, 15) is 19.1 Å². The predicted molar refractivity (Wildman–Crippen MR) is 72.6 cm³/mol. The van der Waals surface area contributed by atoms with E-state index in [1.165, 1.54) is 0 Å². The Labute approximate surface area is 121 Å². The van der Waals surface area contributed by atoms with E-state index >= 15 is 0 Å². The molecule has 21 heavy (non-hydrogen) atoms. The van der Waals surface area contributed by atoms with Crippen molar-refractivity contribution < 1.29 is 28.9 Å². The molecule has 0 radical (unpaired) electrons. The number of carbonyl (C=O) groups excluding carboxylic acids is 1. The highest BCUT2D eigenvalue weighted by molar-refractivity contribution is 5.80. The van der Waals surface area contributed by atoms with Gasteiger partial charge in [-0.3, -0.25) is 0 Å². The lowest BCUT2D eigenvalue weighted by Crippen LogP contribution is -2.44. The molecule has 0 spiro atoms. The third-order valence-corrected chi connectivity index (χ3v) is 2.44. The maximum absolute atomic E-state index is 13.6. The third-order valence-electron chi connectivity index (χ3n) is 2.44. The average molecular weight is 299 g/mol. The zero-order valence-corrected chi connectivity index (χ0v) is 12.0. The Hall–Kier alpha value is -2.31. The van der Waals surface area contributed by atoms with Gasteiger partial charge in [-0.2, -0.15) is 0 Å². The number of phenols is 1. The van der Waals surface area contributed by atoms with E-state index < -0.39 is 29.5 Å². The van der Waals surface area contributed by atoms with Crippen LogP contribution in [0.5, 0.6) is 5.75 Å². The molecule has 116 valence electrons. The van der Waals surface area contributed by atoms with E-state index in [1.54, 1.807) is 20.8 Å². The second-order valence-electron chi connectivity index (χ2n) is 5.52. The van der Waals surface area contributed by atoms with Gasteiger partial charge in [-0.25, -0.2) is 14.0 Å². The summed E-state index contributed by atoms with van der Waals surface area (Å²) >= 11 is 0. The first-order chi connectivity index (χ1) is 9.58. The molecular weight excluding hydrogens is 281 g/mol. The van der Waals surface area contributed by atoms with Gasteiger partial charge in [0.1, 0.15) is 23.2 Å². The standard InChI is InChI=1S/C14H18FNO5/c1-14(2,3)21-13(20)16-11(12(18)19)7-8-6-9(17)4-5-10(8)15/h4-6,11,17H,7H2,1-3H3,(H,16,20)(H,18,19)/t11-/m1/s1. The lowest BCUT2D eigenvalue weighted by Gasteiger charge is -2.22. The Kier molecular flexibility index (Phi) is 5.12. The fourth-order valence-electron chi connectivity index (χ4n) is 1.59. The van der Waals surface area contributed by atoms with Gasteiger partial charge in [-0.05, 0) is 44.5 Å². The molecule has 3 N–H and O–H groups in total. The monoisotopic (exact) mass is 299 g/mol. The number of phenolic OH excluding ortho intramolecular Hbond substituents is 1. The number of carbonyl (C=O) groups is 2. The fourth-order valence-corrected chi connectivity index (χ4v) is 1.59. The second kappa shape index (κ2) is 6.43. The van der Waals surface area contributed by atoms with Gasteiger partial charge in [0.05, 0.1) is 0 Å². The number of carboxylic acids is 1. The molecular formula is C14H18FNO5. The minimum atomic E-state index is -1.36. The highest BCUT2D eigenvalue weighted by atomic mass is 19.1. The first-order valence-corrected chi connectivity index (χ1v) is 6.28. The summed E-state index contributed by atoms with van der Waals surface area (Å²) < 4.78 is 18.5. The molecule has 0 aliphatic carbocycles. The number of halogens is 1. The Bertz CT molecular complexity index is 539. The minimum absolute atomic E-state index is 0.0153. The van der Waals surface area contributed by atoms with Gasteiger partial charge in [0, 0.05) is 6.42 Å². The number of hydrogen-bond acceptors (Lipinski definition) is 4. The fraction of sp³-hybridized carbons (Fsp3) is 0.429. The summed E-state index contributed by atoms with van der Waals surface area (Å²) in [6.07, 6.45) is -1.22. The molecule has 7 heteroatoms. The summed E-state index contributed by atoms with van der Waals surface area (Å²) in [7, 11) is 0. The smallest absolute Gasteiger partial charge is 0.408 e. The van der Waals surface area contributed by atoms with E-state index in [-0.39, 0.29) is 17.7 Å². The number of aliphatic carboxylic acids is 1. The molecule has 0 bridgehead atoms. The number of alkyl carbamates (subject to hydrolysis) is 1. The highest BCUT2D eigenvalue weighted by Crippen LogP contribution is 2.17. The summed E-state index contributed by atoms with van der Waals surface area (Å²) in [5.41, 5.74) is -0.790. The van der Waals surface area contributed by atoms with Crippen LogP contribution >= 0.6 is 0 Å². The lowest BCUT2D eigenvalue weighted by atomic mass is 10.1. The van der Waals surface area contributed by atoms with Crippen molar-refractivity contribution in [3.05, 3.63) is 29.6 Å². The maximum Gasteiger partial charge on any atom is 0.408 e. The summed E-state index contributed by atoms with van der Waals surface area (Å²) in [6, 6.07) is 1.92. The molecule has 1 amide bonds. The van der Waals surface area contributed by atoms with Crippen LogP contribution in [0.1, 0.15) is 26.3 Å². The van der Waals surface area contributed by atoms with Crippen molar-refractivity contribution in [2.75, 3.05) is 0 Å². The number of amides is 1. The quantitative estimate of drug-likeness (QED) is 0.790. The molecule has 6 nitrogen and oxygen atoms in total. The molecule has 0 aliphatic rings. The number of nitrogens with one attached hydrogen (secondary N) is 1. The predicted octanol–water partition coefficient (Wildman–Crippen LogP) is 2.05. The van der Waals surface area contributed by atoms with Crippen LogP contribution in [0.25, 0.3) is 0 Å². The molecule has 0 unspecified atom stereocenters. The van der Waals surface area contributed by atoms with Gasteiger partial charge in [-0.15, -0.1) is 0 Å². The summed E-state index contributed by atoms with van der Waals surface area (Å²) in [5.74, 6) is -2.18. The van der Waals surface area contributed by atoms with E-state index in [2.05, 4.69) is 5.32 Å².